The molecule has 0 spiro atoms. The molecule has 1 aliphatic rings. The van der Waals surface area contributed by atoms with Gasteiger partial charge in [0.25, 0.3) is 0 Å². The summed E-state index contributed by atoms with van der Waals surface area (Å²) in [6, 6.07) is 0.625. The van der Waals surface area contributed by atoms with Crippen LogP contribution in [0.4, 0.5) is 0 Å². The molecule has 0 radical (unpaired) electrons. The van der Waals surface area contributed by atoms with Crippen molar-refractivity contribution in [2.24, 2.45) is 5.41 Å². The SMILES string of the molecule is CCC1(CNCCCNC(C)C)CC1. The van der Waals surface area contributed by atoms with Gasteiger partial charge in [0.2, 0.25) is 0 Å². The van der Waals surface area contributed by atoms with Crippen LogP contribution in [0.25, 0.3) is 0 Å². The lowest BCUT2D eigenvalue weighted by Crippen LogP contribution is -2.29. The summed E-state index contributed by atoms with van der Waals surface area (Å²) in [4.78, 5) is 0. The molecule has 2 nitrogen and oxygen atoms in total. The molecule has 0 saturated heterocycles. The fraction of sp³-hybridized carbons (Fsp3) is 1.00. The van der Waals surface area contributed by atoms with E-state index in [-0.39, 0.29) is 0 Å². The van der Waals surface area contributed by atoms with Crippen molar-refractivity contribution in [3.63, 3.8) is 0 Å². The number of rotatable bonds is 8. The second kappa shape index (κ2) is 5.72. The lowest BCUT2D eigenvalue weighted by molar-refractivity contribution is 0.437. The highest BCUT2D eigenvalue weighted by atomic mass is 14.9. The molecular formula is C12H26N2. The maximum absolute atomic E-state index is 3.57. The molecule has 0 aromatic carbocycles. The van der Waals surface area contributed by atoms with Gasteiger partial charge in [0, 0.05) is 12.6 Å². The van der Waals surface area contributed by atoms with Crippen LogP contribution in [0.1, 0.15) is 46.5 Å². The van der Waals surface area contributed by atoms with Crippen LogP contribution in [-0.2, 0) is 0 Å². The summed E-state index contributed by atoms with van der Waals surface area (Å²) < 4.78 is 0. The standard InChI is InChI=1S/C12H26N2/c1-4-12(6-7-12)10-13-8-5-9-14-11(2)3/h11,13-14H,4-10H2,1-3H3. The van der Waals surface area contributed by atoms with Crippen LogP contribution in [0, 0.1) is 5.41 Å². The fourth-order valence-electron chi connectivity index (χ4n) is 1.79. The molecule has 0 heterocycles. The van der Waals surface area contributed by atoms with Crippen LogP contribution < -0.4 is 10.6 Å². The molecule has 0 atom stereocenters. The van der Waals surface area contributed by atoms with Crippen molar-refractivity contribution in [1.82, 2.24) is 10.6 Å². The summed E-state index contributed by atoms with van der Waals surface area (Å²) in [6.07, 6.45) is 5.49. The first kappa shape index (κ1) is 12.0. The number of hydrogen-bond acceptors (Lipinski definition) is 2. The van der Waals surface area contributed by atoms with Crippen LogP contribution >= 0.6 is 0 Å². The third-order valence-electron chi connectivity index (χ3n) is 3.29. The van der Waals surface area contributed by atoms with Crippen LogP contribution in [0.2, 0.25) is 0 Å². The van der Waals surface area contributed by atoms with Crippen molar-refractivity contribution in [1.29, 1.82) is 0 Å². The molecule has 1 fully saturated rings. The normalized spacial score (nSPS) is 18.9. The van der Waals surface area contributed by atoms with Gasteiger partial charge in [-0.15, -0.1) is 0 Å². The second-order valence-electron chi connectivity index (χ2n) is 4.99. The van der Waals surface area contributed by atoms with Gasteiger partial charge in [-0.05, 0) is 44.2 Å². The minimum Gasteiger partial charge on any atom is -0.316 e. The van der Waals surface area contributed by atoms with Gasteiger partial charge in [-0.2, -0.15) is 0 Å². The Bertz CT molecular complexity index is 150. The zero-order chi connectivity index (χ0) is 10.4. The highest BCUT2D eigenvalue weighted by Crippen LogP contribution is 2.47. The zero-order valence-electron chi connectivity index (χ0n) is 10.0. The lowest BCUT2D eigenvalue weighted by atomic mass is 10.0. The van der Waals surface area contributed by atoms with Gasteiger partial charge < -0.3 is 10.6 Å². The number of hydrogen-bond donors (Lipinski definition) is 2. The van der Waals surface area contributed by atoms with E-state index in [1.54, 1.807) is 0 Å². The van der Waals surface area contributed by atoms with E-state index in [2.05, 4.69) is 31.4 Å². The fourth-order valence-corrected chi connectivity index (χ4v) is 1.79. The predicted molar refractivity (Wildman–Crippen MR) is 62.6 cm³/mol. The molecule has 84 valence electrons. The molecule has 1 aliphatic carbocycles. The van der Waals surface area contributed by atoms with Gasteiger partial charge in [0.15, 0.2) is 0 Å². The topological polar surface area (TPSA) is 24.1 Å². The minimum atomic E-state index is 0.625. The van der Waals surface area contributed by atoms with E-state index in [1.165, 1.54) is 38.8 Å². The molecular weight excluding hydrogens is 172 g/mol. The van der Waals surface area contributed by atoms with E-state index in [0.29, 0.717) is 11.5 Å². The zero-order valence-corrected chi connectivity index (χ0v) is 10.0. The average Bonchev–Trinajstić information content (AvgIpc) is 2.91. The molecule has 0 aromatic rings. The molecule has 14 heavy (non-hydrogen) atoms. The van der Waals surface area contributed by atoms with Gasteiger partial charge in [-0.25, -0.2) is 0 Å². The summed E-state index contributed by atoms with van der Waals surface area (Å²) in [5.41, 5.74) is 0.700. The minimum absolute atomic E-state index is 0.625. The Balaban J connectivity index is 1.85. The predicted octanol–water partition coefficient (Wildman–Crippen LogP) is 2.15. The summed E-state index contributed by atoms with van der Waals surface area (Å²) in [6.45, 7) is 10.3. The maximum Gasteiger partial charge on any atom is 0.00103 e. The van der Waals surface area contributed by atoms with Crippen molar-refractivity contribution in [3.05, 3.63) is 0 Å². The monoisotopic (exact) mass is 198 g/mol. The molecule has 1 saturated carbocycles. The highest BCUT2D eigenvalue weighted by molar-refractivity contribution is 4.93. The van der Waals surface area contributed by atoms with Gasteiger partial charge in [-0.1, -0.05) is 20.8 Å². The van der Waals surface area contributed by atoms with Crippen molar-refractivity contribution < 1.29 is 0 Å². The largest absolute Gasteiger partial charge is 0.316 e. The molecule has 0 unspecified atom stereocenters. The second-order valence-corrected chi connectivity index (χ2v) is 4.99. The van der Waals surface area contributed by atoms with Gasteiger partial charge in [0.05, 0.1) is 0 Å². The van der Waals surface area contributed by atoms with Crippen molar-refractivity contribution >= 4 is 0 Å². The Hall–Kier alpha value is -0.0800. The highest BCUT2D eigenvalue weighted by Gasteiger charge is 2.39. The molecule has 1 rings (SSSR count). The Morgan fingerprint density at radius 3 is 2.43 bits per heavy atom. The first-order valence-electron chi connectivity index (χ1n) is 6.13. The molecule has 0 aliphatic heterocycles. The third-order valence-corrected chi connectivity index (χ3v) is 3.29. The molecule has 2 N–H and O–H groups in total. The summed E-state index contributed by atoms with van der Waals surface area (Å²) in [5.74, 6) is 0. The quantitative estimate of drug-likeness (QED) is 0.584. The molecule has 0 aromatic heterocycles. The average molecular weight is 198 g/mol. The maximum atomic E-state index is 3.57. The summed E-state index contributed by atoms with van der Waals surface area (Å²) in [5, 5.41) is 7.01. The van der Waals surface area contributed by atoms with E-state index >= 15 is 0 Å². The van der Waals surface area contributed by atoms with Crippen LogP contribution in [0.5, 0.6) is 0 Å². The Morgan fingerprint density at radius 2 is 1.93 bits per heavy atom. The van der Waals surface area contributed by atoms with E-state index in [9.17, 15) is 0 Å². The first-order valence-corrected chi connectivity index (χ1v) is 6.13. The Kier molecular flexibility index (Phi) is 4.90. The number of nitrogens with one attached hydrogen (secondary N) is 2. The van der Waals surface area contributed by atoms with E-state index < -0.39 is 0 Å². The van der Waals surface area contributed by atoms with Gasteiger partial charge >= 0.3 is 0 Å². The Morgan fingerprint density at radius 1 is 1.21 bits per heavy atom. The first-order chi connectivity index (χ1) is 6.68. The van der Waals surface area contributed by atoms with Crippen LogP contribution in [0.15, 0.2) is 0 Å². The van der Waals surface area contributed by atoms with E-state index in [0.717, 1.165) is 6.54 Å². The smallest absolute Gasteiger partial charge is 0.00103 e. The van der Waals surface area contributed by atoms with Crippen molar-refractivity contribution in [3.8, 4) is 0 Å². The van der Waals surface area contributed by atoms with E-state index in [4.69, 9.17) is 0 Å². The van der Waals surface area contributed by atoms with Crippen molar-refractivity contribution in [2.75, 3.05) is 19.6 Å². The van der Waals surface area contributed by atoms with Crippen LogP contribution in [-0.4, -0.2) is 25.7 Å². The summed E-state index contributed by atoms with van der Waals surface area (Å²) >= 11 is 0. The van der Waals surface area contributed by atoms with Crippen LogP contribution in [0.3, 0.4) is 0 Å². The van der Waals surface area contributed by atoms with Gasteiger partial charge in [-0.3, -0.25) is 0 Å². The lowest BCUT2D eigenvalue weighted by Gasteiger charge is -2.13. The summed E-state index contributed by atoms with van der Waals surface area (Å²) in [7, 11) is 0. The molecule has 0 amide bonds. The molecule has 2 heteroatoms. The van der Waals surface area contributed by atoms with Gasteiger partial charge in [0.1, 0.15) is 0 Å². The Labute approximate surface area is 88.8 Å². The van der Waals surface area contributed by atoms with Crippen molar-refractivity contribution in [2.45, 2.75) is 52.5 Å². The van der Waals surface area contributed by atoms with E-state index in [1.807, 2.05) is 0 Å². The molecule has 0 bridgehead atoms. The third kappa shape index (κ3) is 4.43.